The standard InChI is InChI=1S/C7H12ClF2NO.C7H11F2NO.2ClH/c8-5-7(9,10)1-2-12-6-3-11-4-6;8-7(9)1-5(2-7)11-6-3-10-4-6;;/h6,11H,1-5H2;5-6,10H,1-4H2;2*1H. The molecule has 4 nitrogen and oxygen atoms in total. The van der Waals surface area contributed by atoms with Crippen LogP contribution < -0.4 is 10.6 Å². The van der Waals surface area contributed by atoms with Gasteiger partial charge in [0.2, 0.25) is 0 Å². The van der Waals surface area contributed by atoms with E-state index in [9.17, 15) is 17.6 Å². The Bertz CT molecular complexity index is 368. The summed E-state index contributed by atoms with van der Waals surface area (Å²) >= 11 is 5.04. The molecule has 25 heavy (non-hydrogen) atoms. The Balaban J connectivity index is 0.000000427. The molecule has 0 amide bonds. The molecule has 1 saturated carbocycles. The van der Waals surface area contributed by atoms with Crippen molar-refractivity contribution >= 4 is 36.4 Å². The SMILES string of the molecule is Cl.Cl.FC(F)(CCl)CCOC1CNC1.FC1(F)CC(OC2CNC2)C1. The summed E-state index contributed by atoms with van der Waals surface area (Å²) < 4.78 is 60.0. The van der Waals surface area contributed by atoms with Crippen molar-refractivity contribution < 1.29 is 27.0 Å². The van der Waals surface area contributed by atoms with E-state index in [4.69, 9.17) is 21.1 Å². The molecule has 2 N–H and O–H groups in total. The first-order chi connectivity index (χ1) is 10.8. The molecule has 2 heterocycles. The van der Waals surface area contributed by atoms with Gasteiger partial charge in [-0.1, -0.05) is 0 Å². The molecule has 2 aliphatic heterocycles. The summed E-state index contributed by atoms with van der Waals surface area (Å²) in [5.41, 5.74) is 0. The Kier molecular flexibility index (Phi) is 11.5. The van der Waals surface area contributed by atoms with Crippen molar-refractivity contribution in [3.63, 3.8) is 0 Å². The third kappa shape index (κ3) is 9.26. The highest BCUT2D eigenvalue weighted by atomic mass is 35.5. The number of rotatable bonds is 7. The summed E-state index contributed by atoms with van der Waals surface area (Å²) in [5, 5.41) is 6.01. The summed E-state index contributed by atoms with van der Waals surface area (Å²) in [6, 6.07) is 0. The minimum Gasteiger partial charge on any atom is -0.375 e. The lowest BCUT2D eigenvalue weighted by atomic mass is 9.90. The average molecular weight is 436 g/mol. The molecule has 0 bridgehead atoms. The van der Waals surface area contributed by atoms with Crippen LogP contribution in [0, 0.1) is 0 Å². The van der Waals surface area contributed by atoms with Crippen LogP contribution in [0.25, 0.3) is 0 Å². The molecule has 152 valence electrons. The highest BCUT2D eigenvalue weighted by Crippen LogP contribution is 2.39. The van der Waals surface area contributed by atoms with Crippen LogP contribution in [0.3, 0.4) is 0 Å². The zero-order valence-electron chi connectivity index (χ0n) is 13.6. The average Bonchev–Trinajstić information content (AvgIpc) is 2.35. The zero-order chi connectivity index (χ0) is 16.9. The van der Waals surface area contributed by atoms with E-state index in [0.717, 1.165) is 26.2 Å². The number of nitrogens with one attached hydrogen (secondary N) is 2. The molecular weight excluding hydrogens is 411 g/mol. The first-order valence-electron chi connectivity index (χ1n) is 7.80. The van der Waals surface area contributed by atoms with E-state index in [1.54, 1.807) is 0 Å². The summed E-state index contributed by atoms with van der Waals surface area (Å²) in [4.78, 5) is 0. The Morgan fingerprint density at radius 1 is 0.960 bits per heavy atom. The minimum atomic E-state index is -2.78. The number of halogens is 7. The molecule has 0 aromatic carbocycles. The van der Waals surface area contributed by atoms with Crippen LogP contribution in [-0.2, 0) is 9.47 Å². The minimum absolute atomic E-state index is 0. The van der Waals surface area contributed by atoms with Gasteiger partial charge in [-0.25, -0.2) is 17.6 Å². The first kappa shape index (κ1) is 25.4. The smallest absolute Gasteiger partial charge is 0.263 e. The quantitative estimate of drug-likeness (QED) is 0.477. The van der Waals surface area contributed by atoms with Crippen LogP contribution in [0.5, 0.6) is 0 Å². The van der Waals surface area contributed by atoms with Crippen LogP contribution in [0.2, 0.25) is 0 Å². The molecule has 0 aromatic rings. The molecule has 11 heteroatoms. The van der Waals surface area contributed by atoms with E-state index < -0.39 is 17.7 Å². The van der Waals surface area contributed by atoms with E-state index in [-0.39, 0.29) is 69.0 Å². The van der Waals surface area contributed by atoms with Crippen molar-refractivity contribution in [2.24, 2.45) is 0 Å². The third-order valence-electron chi connectivity index (χ3n) is 3.94. The maximum absolute atomic E-state index is 12.5. The number of hydrogen-bond acceptors (Lipinski definition) is 4. The molecular formula is C14H25Cl3F4N2O2. The highest BCUT2D eigenvalue weighted by Gasteiger charge is 2.47. The molecule has 0 spiro atoms. The van der Waals surface area contributed by atoms with Gasteiger partial charge >= 0.3 is 0 Å². The molecule has 0 radical (unpaired) electrons. The Morgan fingerprint density at radius 2 is 1.48 bits per heavy atom. The van der Waals surface area contributed by atoms with Gasteiger partial charge in [-0.3, -0.25) is 0 Å². The van der Waals surface area contributed by atoms with E-state index in [1.165, 1.54) is 0 Å². The number of hydrogen-bond donors (Lipinski definition) is 2. The third-order valence-corrected chi connectivity index (χ3v) is 4.33. The fourth-order valence-corrected chi connectivity index (χ4v) is 2.29. The topological polar surface area (TPSA) is 42.5 Å². The van der Waals surface area contributed by atoms with Gasteiger partial charge in [0.25, 0.3) is 11.8 Å². The molecule has 3 rings (SSSR count). The van der Waals surface area contributed by atoms with Crippen molar-refractivity contribution in [3.05, 3.63) is 0 Å². The van der Waals surface area contributed by atoms with Crippen LogP contribution >= 0.6 is 36.4 Å². The zero-order valence-corrected chi connectivity index (χ0v) is 16.0. The maximum atomic E-state index is 12.5. The van der Waals surface area contributed by atoms with Gasteiger partial charge in [0.05, 0.1) is 30.8 Å². The highest BCUT2D eigenvalue weighted by molar-refractivity contribution is 6.18. The monoisotopic (exact) mass is 434 g/mol. The maximum Gasteiger partial charge on any atom is 0.263 e. The second-order valence-corrected chi connectivity index (χ2v) is 6.46. The molecule has 3 fully saturated rings. The fourth-order valence-electron chi connectivity index (χ4n) is 2.15. The lowest BCUT2D eigenvalue weighted by molar-refractivity contribution is -0.187. The Labute approximate surface area is 162 Å². The van der Waals surface area contributed by atoms with Crippen molar-refractivity contribution in [1.29, 1.82) is 0 Å². The van der Waals surface area contributed by atoms with Crippen molar-refractivity contribution in [2.45, 2.75) is 49.4 Å². The Hall–Kier alpha value is 0.430. The number of ether oxygens (including phenoxy) is 2. The van der Waals surface area contributed by atoms with Crippen LogP contribution in [0.4, 0.5) is 17.6 Å². The molecule has 0 aromatic heterocycles. The normalized spacial score (nSPS) is 22.9. The lowest BCUT2D eigenvalue weighted by Crippen LogP contribution is -2.53. The van der Waals surface area contributed by atoms with Gasteiger partial charge in [-0.2, -0.15) is 0 Å². The fraction of sp³-hybridized carbons (Fsp3) is 1.00. The van der Waals surface area contributed by atoms with Crippen molar-refractivity contribution in [3.8, 4) is 0 Å². The molecule has 1 aliphatic carbocycles. The van der Waals surface area contributed by atoms with Crippen molar-refractivity contribution in [2.75, 3.05) is 38.7 Å². The number of alkyl halides is 5. The van der Waals surface area contributed by atoms with Crippen molar-refractivity contribution in [1.82, 2.24) is 10.6 Å². The predicted molar refractivity (Wildman–Crippen MR) is 93.1 cm³/mol. The molecule has 0 atom stereocenters. The van der Waals surface area contributed by atoms with Crippen LogP contribution in [0.15, 0.2) is 0 Å². The van der Waals surface area contributed by atoms with E-state index in [0.29, 0.717) is 0 Å². The van der Waals surface area contributed by atoms with Gasteiger partial charge in [0, 0.05) is 45.4 Å². The summed E-state index contributed by atoms with van der Waals surface area (Å²) in [5.74, 6) is -5.85. The van der Waals surface area contributed by atoms with E-state index in [2.05, 4.69) is 10.6 Å². The van der Waals surface area contributed by atoms with Gasteiger partial charge in [0.1, 0.15) is 0 Å². The predicted octanol–water partition coefficient (Wildman–Crippen LogP) is 2.86. The second kappa shape index (κ2) is 11.3. The van der Waals surface area contributed by atoms with Gasteiger partial charge in [-0.15, -0.1) is 36.4 Å². The molecule has 3 aliphatic rings. The van der Waals surface area contributed by atoms with Gasteiger partial charge < -0.3 is 20.1 Å². The summed E-state index contributed by atoms with van der Waals surface area (Å²) in [6.45, 7) is 3.27. The van der Waals surface area contributed by atoms with Crippen LogP contribution in [-0.4, -0.2) is 68.8 Å². The van der Waals surface area contributed by atoms with E-state index in [1.807, 2.05) is 0 Å². The molecule has 2 saturated heterocycles. The first-order valence-corrected chi connectivity index (χ1v) is 8.33. The lowest BCUT2D eigenvalue weighted by Gasteiger charge is -2.39. The van der Waals surface area contributed by atoms with Crippen LogP contribution in [0.1, 0.15) is 19.3 Å². The van der Waals surface area contributed by atoms with Gasteiger partial charge in [0.15, 0.2) is 0 Å². The summed E-state index contributed by atoms with van der Waals surface area (Å²) in [6.07, 6.45) is -0.315. The second-order valence-electron chi connectivity index (χ2n) is 6.19. The molecule has 0 unspecified atom stereocenters. The largest absolute Gasteiger partial charge is 0.375 e. The summed E-state index contributed by atoms with van der Waals surface area (Å²) in [7, 11) is 0. The van der Waals surface area contributed by atoms with E-state index >= 15 is 0 Å². The Morgan fingerprint density at radius 3 is 1.84 bits per heavy atom. The van der Waals surface area contributed by atoms with Gasteiger partial charge in [-0.05, 0) is 0 Å².